The van der Waals surface area contributed by atoms with E-state index in [2.05, 4.69) is 5.29 Å². The van der Waals surface area contributed by atoms with Crippen LogP contribution in [0.25, 0.3) is 0 Å². The average molecular weight is 442 g/mol. The second kappa shape index (κ2) is 11.9. The molecule has 170 valence electrons. The molecule has 0 aromatic rings. The number of unbranched alkanes of at least 4 members (excludes halogenated alkanes) is 2. The molecule has 5 N–H and O–H groups in total. The Balaban J connectivity index is 3.15. The SMILES string of the molecule is CCCCN(C(=O)N(CCCl)N=O)C(O)[C@H]1O[C@@](O)(CCCC)[C@H](O)[C@@H](O)[C@@H]1O. The van der Waals surface area contributed by atoms with Crippen molar-refractivity contribution < 1.29 is 35.1 Å². The van der Waals surface area contributed by atoms with Crippen LogP contribution in [-0.2, 0) is 4.74 Å². The number of alkyl halides is 1. The smallest absolute Gasteiger partial charge is 0.345 e. The van der Waals surface area contributed by atoms with Crippen LogP contribution >= 0.6 is 11.6 Å². The first kappa shape index (κ1) is 26.0. The summed E-state index contributed by atoms with van der Waals surface area (Å²) in [5.74, 6) is -2.29. The van der Waals surface area contributed by atoms with Crippen molar-refractivity contribution in [1.29, 1.82) is 0 Å². The van der Waals surface area contributed by atoms with E-state index in [1.807, 2.05) is 13.8 Å². The highest BCUT2D eigenvalue weighted by molar-refractivity contribution is 6.18. The third-order valence-corrected chi connectivity index (χ3v) is 5.10. The second-order valence-corrected chi connectivity index (χ2v) is 7.47. The molecule has 6 atom stereocenters. The molecule has 0 aromatic heterocycles. The number of carbonyl (C=O) groups excluding carboxylic acids is 1. The van der Waals surface area contributed by atoms with Crippen LogP contribution in [0.1, 0.15) is 46.0 Å². The molecule has 1 aliphatic heterocycles. The molecule has 0 aliphatic carbocycles. The Hall–Kier alpha value is -1.08. The van der Waals surface area contributed by atoms with E-state index in [0.717, 1.165) is 4.90 Å². The summed E-state index contributed by atoms with van der Waals surface area (Å²) in [7, 11) is 0. The standard InChI is InChI=1S/C17H32ClN3O8/c1-3-5-7-17(27)14(24)12(23)11(22)13(29-17)15(25)20(9-6-4-2)16(26)21(19-28)10-8-18/h11-15,22-25,27H,3-10H2,1-2H3/t11-,12-,13-,14+,15?,17-/m0/s1. The summed E-state index contributed by atoms with van der Waals surface area (Å²) >= 11 is 5.57. The number of nitrogens with zero attached hydrogens (tertiary/aromatic N) is 3. The maximum atomic E-state index is 12.7. The number of amides is 2. The Morgan fingerprint density at radius 2 is 1.79 bits per heavy atom. The summed E-state index contributed by atoms with van der Waals surface area (Å²) in [5, 5.41) is 55.2. The minimum Gasteiger partial charge on any atom is -0.387 e. The molecule has 29 heavy (non-hydrogen) atoms. The summed E-state index contributed by atoms with van der Waals surface area (Å²) in [6.07, 6.45) is -6.77. The summed E-state index contributed by atoms with van der Waals surface area (Å²) in [4.78, 5) is 24.5. The fourth-order valence-electron chi connectivity index (χ4n) is 3.14. The van der Waals surface area contributed by atoms with E-state index in [1.54, 1.807) is 0 Å². The number of urea groups is 1. The first-order chi connectivity index (χ1) is 13.7. The van der Waals surface area contributed by atoms with Crippen molar-refractivity contribution in [2.45, 2.75) is 82.4 Å². The maximum Gasteiger partial charge on any atom is 0.345 e. The van der Waals surface area contributed by atoms with E-state index in [0.29, 0.717) is 30.7 Å². The number of rotatable bonds is 11. The molecule has 0 aromatic carbocycles. The lowest BCUT2D eigenvalue weighted by atomic mass is 9.88. The number of hydrogen-bond donors (Lipinski definition) is 5. The van der Waals surface area contributed by atoms with Crippen LogP contribution in [0.2, 0.25) is 0 Å². The Bertz CT molecular complexity index is 531. The number of carbonyl (C=O) groups is 1. The summed E-state index contributed by atoms with van der Waals surface area (Å²) in [6.45, 7) is 3.48. The second-order valence-electron chi connectivity index (χ2n) is 7.09. The van der Waals surface area contributed by atoms with Gasteiger partial charge in [-0.05, 0) is 12.8 Å². The number of aliphatic hydroxyl groups is 5. The highest BCUT2D eigenvalue weighted by Gasteiger charge is 2.55. The topological polar surface area (TPSA) is 163 Å². The van der Waals surface area contributed by atoms with Crippen molar-refractivity contribution in [2.24, 2.45) is 5.29 Å². The third-order valence-electron chi connectivity index (χ3n) is 4.93. The van der Waals surface area contributed by atoms with Crippen molar-refractivity contribution in [3.8, 4) is 0 Å². The van der Waals surface area contributed by atoms with Gasteiger partial charge in [-0.15, -0.1) is 16.5 Å². The van der Waals surface area contributed by atoms with Gasteiger partial charge in [-0.1, -0.05) is 26.7 Å². The Kier molecular flexibility index (Phi) is 10.7. The van der Waals surface area contributed by atoms with Crippen molar-refractivity contribution in [3.05, 3.63) is 4.91 Å². The summed E-state index contributed by atoms with van der Waals surface area (Å²) in [5.41, 5.74) is 0. The zero-order valence-corrected chi connectivity index (χ0v) is 17.5. The molecule has 12 heteroatoms. The van der Waals surface area contributed by atoms with Crippen molar-refractivity contribution in [1.82, 2.24) is 9.91 Å². The van der Waals surface area contributed by atoms with E-state index in [-0.39, 0.29) is 25.4 Å². The molecule has 11 nitrogen and oxygen atoms in total. The van der Waals surface area contributed by atoms with Crippen LogP contribution in [-0.4, -0.2) is 96.9 Å². The number of halogens is 1. The molecule has 1 fully saturated rings. The molecule has 2 amide bonds. The van der Waals surface area contributed by atoms with Gasteiger partial charge in [-0.25, -0.2) is 4.79 Å². The highest BCUT2D eigenvalue weighted by Crippen LogP contribution is 2.34. The molecule has 1 saturated heterocycles. The normalized spacial score (nSPS) is 30.6. The molecule has 0 saturated carbocycles. The van der Waals surface area contributed by atoms with Gasteiger partial charge < -0.3 is 30.3 Å². The van der Waals surface area contributed by atoms with Crippen LogP contribution in [0.4, 0.5) is 4.79 Å². The Labute approximate surface area is 174 Å². The van der Waals surface area contributed by atoms with Crippen LogP contribution in [0, 0.1) is 4.91 Å². The lowest BCUT2D eigenvalue weighted by Gasteiger charge is -2.48. The molecular formula is C17H32ClN3O8. The van der Waals surface area contributed by atoms with Gasteiger partial charge in [-0.3, -0.25) is 4.90 Å². The van der Waals surface area contributed by atoms with Gasteiger partial charge in [0.2, 0.25) is 0 Å². The van der Waals surface area contributed by atoms with E-state index < -0.39 is 42.5 Å². The molecule has 1 rings (SSSR count). The quantitative estimate of drug-likeness (QED) is 0.130. The van der Waals surface area contributed by atoms with Gasteiger partial charge in [0.15, 0.2) is 12.0 Å². The third kappa shape index (κ3) is 6.20. The van der Waals surface area contributed by atoms with E-state index in [1.165, 1.54) is 0 Å². The average Bonchev–Trinajstić information content (AvgIpc) is 2.71. The van der Waals surface area contributed by atoms with Crippen LogP contribution in [0.5, 0.6) is 0 Å². The molecule has 0 radical (unpaired) electrons. The zero-order valence-electron chi connectivity index (χ0n) is 16.7. The zero-order chi connectivity index (χ0) is 22.2. The van der Waals surface area contributed by atoms with Crippen LogP contribution in [0.3, 0.4) is 0 Å². The number of hydrogen-bond acceptors (Lipinski definition) is 9. The molecular weight excluding hydrogens is 410 g/mol. The predicted molar refractivity (Wildman–Crippen MR) is 104 cm³/mol. The maximum absolute atomic E-state index is 12.7. The molecule has 1 heterocycles. The van der Waals surface area contributed by atoms with Gasteiger partial charge in [0.1, 0.15) is 24.4 Å². The van der Waals surface area contributed by atoms with Gasteiger partial charge in [0.05, 0.1) is 11.8 Å². The molecule has 1 aliphatic rings. The van der Waals surface area contributed by atoms with Crippen LogP contribution < -0.4 is 0 Å². The molecule has 1 unspecified atom stereocenters. The molecule has 0 bridgehead atoms. The summed E-state index contributed by atoms with van der Waals surface area (Å²) in [6, 6.07) is -0.963. The minimum absolute atomic E-state index is 0.0105. The monoisotopic (exact) mass is 441 g/mol. The van der Waals surface area contributed by atoms with Gasteiger partial charge in [-0.2, -0.15) is 5.01 Å². The van der Waals surface area contributed by atoms with E-state index >= 15 is 0 Å². The van der Waals surface area contributed by atoms with E-state index in [9.17, 15) is 35.2 Å². The number of aliphatic hydroxyl groups excluding tert-OH is 4. The number of ether oxygens (including phenoxy) is 1. The fourth-order valence-corrected chi connectivity index (χ4v) is 3.30. The first-order valence-electron chi connectivity index (χ1n) is 9.78. The fraction of sp³-hybridized carbons (Fsp3) is 0.941. The highest BCUT2D eigenvalue weighted by atomic mass is 35.5. The van der Waals surface area contributed by atoms with Crippen molar-refractivity contribution in [2.75, 3.05) is 19.0 Å². The van der Waals surface area contributed by atoms with E-state index in [4.69, 9.17) is 16.3 Å². The van der Waals surface area contributed by atoms with Crippen molar-refractivity contribution >= 4 is 17.6 Å². The lowest BCUT2D eigenvalue weighted by molar-refractivity contribution is -0.365. The Morgan fingerprint density at radius 3 is 2.31 bits per heavy atom. The largest absolute Gasteiger partial charge is 0.387 e. The van der Waals surface area contributed by atoms with Crippen LogP contribution in [0.15, 0.2) is 5.29 Å². The summed E-state index contributed by atoms with van der Waals surface area (Å²) < 4.78 is 5.42. The molecule has 0 spiro atoms. The number of nitroso groups, excluding NO2 is 1. The Morgan fingerprint density at radius 1 is 1.17 bits per heavy atom. The van der Waals surface area contributed by atoms with Gasteiger partial charge in [0.25, 0.3) is 0 Å². The van der Waals surface area contributed by atoms with Crippen molar-refractivity contribution in [3.63, 3.8) is 0 Å². The minimum atomic E-state index is -2.22. The predicted octanol–water partition coefficient (Wildman–Crippen LogP) is 0.109. The first-order valence-corrected chi connectivity index (χ1v) is 10.3. The van der Waals surface area contributed by atoms with Gasteiger partial charge in [0, 0.05) is 18.8 Å². The van der Waals surface area contributed by atoms with Gasteiger partial charge >= 0.3 is 6.03 Å². The lowest BCUT2D eigenvalue weighted by Crippen LogP contribution is -2.69.